The van der Waals surface area contributed by atoms with E-state index in [4.69, 9.17) is 9.47 Å². The molecule has 8 bridgehead atoms. The van der Waals surface area contributed by atoms with Crippen molar-refractivity contribution in [2.75, 3.05) is 14.2 Å². The number of phenolic OH excluding ortho intramolecular Hbond substituents is 2. The van der Waals surface area contributed by atoms with Crippen LogP contribution < -0.4 is 9.47 Å². The van der Waals surface area contributed by atoms with Crippen LogP contribution >= 0.6 is 0 Å². The summed E-state index contributed by atoms with van der Waals surface area (Å²) in [4.78, 5) is 0. The van der Waals surface area contributed by atoms with E-state index >= 15 is 0 Å². The zero-order valence-corrected chi connectivity index (χ0v) is 23.2. The minimum Gasteiger partial charge on any atom is -0.507 e. The van der Waals surface area contributed by atoms with Gasteiger partial charge in [0.15, 0.2) is 0 Å². The predicted molar refractivity (Wildman–Crippen MR) is 152 cm³/mol. The number of hydrogen-bond donors (Lipinski definition) is 2. The lowest BCUT2D eigenvalue weighted by atomic mass is 9.89. The molecule has 1 aliphatic carbocycles. The fourth-order valence-electron chi connectivity index (χ4n) is 6.14. The van der Waals surface area contributed by atoms with Gasteiger partial charge in [-0.15, -0.1) is 0 Å². The summed E-state index contributed by atoms with van der Waals surface area (Å²) in [5.74, 6) is 2.23. The van der Waals surface area contributed by atoms with Gasteiger partial charge in [-0.1, -0.05) is 70.8 Å². The highest BCUT2D eigenvalue weighted by molar-refractivity contribution is 5.57. The van der Waals surface area contributed by atoms with Crippen LogP contribution in [0.15, 0.2) is 48.5 Å². The van der Waals surface area contributed by atoms with E-state index in [1.54, 1.807) is 14.2 Å². The SMILES string of the molecule is COc1c2cc(C)cc1Cc1cc(C)cc(c1O)Cc1cc(C)cc(c1OC)Cc1cc(C)cc(c1O)C2. The van der Waals surface area contributed by atoms with E-state index in [-0.39, 0.29) is 0 Å². The molecule has 0 atom stereocenters. The number of rotatable bonds is 2. The number of aromatic hydroxyl groups is 2. The number of methoxy groups -OCH3 is 2. The molecule has 0 heterocycles. The number of aryl methyl sites for hydroxylation is 4. The highest BCUT2D eigenvalue weighted by atomic mass is 16.5. The maximum absolute atomic E-state index is 11.5. The van der Waals surface area contributed by atoms with Gasteiger partial charge in [0.05, 0.1) is 14.2 Å². The summed E-state index contributed by atoms with van der Waals surface area (Å²) in [5.41, 5.74) is 12.0. The molecule has 0 saturated carbocycles. The Balaban J connectivity index is 1.81. The molecule has 196 valence electrons. The lowest BCUT2D eigenvalue weighted by Crippen LogP contribution is -2.05. The maximum atomic E-state index is 11.5. The Hall–Kier alpha value is -3.92. The number of hydrogen-bond acceptors (Lipinski definition) is 4. The first-order chi connectivity index (χ1) is 18.2. The van der Waals surface area contributed by atoms with Gasteiger partial charge in [0.25, 0.3) is 0 Å². The first-order valence-corrected chi connectivity index (χ1v) is 13.1. The number of fused-ring (bicyclic) bond motifs is 8. The molecule has 0 radical (unpaired) electrons. The average Bonchev–Trinajstić information content (AvgIpc) is 2.84. The van der Waals surface area contributed by atoms with Crippen LogP contribution in [0.25, 0.3) is 0 Å². The Kier molecular flexibility index (Phi) is 6.83. The number of phenols is 2. The van der Waals surface area contributed by atoms with Crippen molar-refractivity contribution < 1.29 is 19.7 Å². The lowest BCUT2D eigenvalue weighted by molar-refractivity contribution is 0.404. The van der Waals surface area contributed by atoms with Gasteiger partial charge in [0.2, 0.25) is 0 Å². The van der Waals surface area contributed by atoms with Gasteiger partial charge in [-0.2, -0.15) is 0 Å². The minimum atomic E-state index is 0.316. The van der Waals surface area contributed by atoms with Crippen LogP contribution in [0.3, 0.4) is 0 Å². The quantitative estimate of drug-likeness (QED) is 0.269. The average molecular weight is 509 g/mol. The molecule has 1 aliphatic rings. The molecule has 4 heteroatoms. The van der Waals surface area contributed by atoms with Crippen LogP contribution in [0.2, 0.25) is 0 Å². The van der Waals surface area contributed by atoms with Crippen molar-refractivity contribution in [3.8, 4) is 23.0 Å². The summed E-state index contributed by atoms with van der Waals surface area (Å²) in [6, 6.07) is 16.7. The summed E-state index contributed by atoms with van der Waals surface area (Å²) < 4.78 is 11.9. The molecular formula is C34H36O4. The van der Waals surface area contributed by atoms with E-state index in [1.165, 1.54) is 0 Å². The van der Waals surface area contributed by atoms with Crippen LogP contribution in [0.1, 0.15) is 66.8 Å². The largest absolute Gasteiger partial charge is 0.507 e. The lowest BCUT2D eigenvalue weighted by Gasteiger charge is -2.21. The van der Waals surface area contributed by atoms with Crippen molar-refractivity contribution in [1.29, 1.82) is 0 Å². The second kappa shape index (κ2) is 10.1. The van der Waals surface area contributed by atoms with Crippen LogP contribution in [0, 0.1) is 27.7 Å². The Morgan fingerprint density at radius 2 is 0.632 bits per heavy atom. The predicted octanol–water partition coefficient (Wildman–Crippen LogP) is 7.03. The number of ether oxygens (including phenoxy) is 2. The van der Waals surface area contributed by atoms with Gasteiger partial charge in [-0.05, 0) is 72.2 Å². The van der Waals surface area contributed by atoms with Gasteiger partial charge < -0.3 is 19.7 Å². The van der Waals surface area contributed by atoms with Crippen molar-refractivity contribution in [3.63, 3.8) is 0 Å². The van der Waals surface area contributed by atoms with Crippen LogP contribution in [0.5, 0.6) is 23.0 Å². The summed E-state index contributed by atoms with van der Waals surface area (Å²) in [7, 11) is 3.39. The molecule has 2 N–H and O–H groups in total. The molecule has 0 fully saturated rings. The molecule has 0 amide bonds. The van der Waals surface area contributed by atoms with E-state index in [2.05, 4.69) is 76.2 Å². The molecule has 4 aromatic rings. The van der Waals surface area contributed by atoms with E-state index in [0.29, 0.717) is 37.2 Å². The molecular weight excluding hydrogens is 472 g/mol. The topological polar surface area (TPSA) is 58.9 Å². The van der Waals surface area contributed by atoms with Gasteiger partial charge in [-0.3, -0.25) is 0 Å². The van der Waals surface area contributed by atoms with Gasteiger partial charge in [0, 0.05) is 25.7 Å². The van der Waals surface area contributed by atoms with E-state index in [0.717, 1.165) is 78.3 Å². The summed E-state index contributed by atoms with van der Waals surface area (Å²) in [6.45, 7) is 8.30. The smallest absolute Gasteiger partial charge is 0.125 e. The molecule has 0 spiro atoms. The zero-order valence-electron chi connectivity index (χ0n) is 23.2. The molecule has 0 unspecified atom stereocenters. The van der Waals surface area contributed by atoms with Crippen molar-refractivity contribution in [1.82, 2.24) is 0 Å². The first-order valence-electron chi connectivity index (χ1n) is 13.1. The minimum absolute atomic E-state index is 0.316. The fourth-order valence-corrected chi connectivity index (χ4v) is 6.14. The van der Waals surface area contributed by atoms with E-state index < -0.39 is 0 Å². The van der Waals surface area contributed by atoms with Crippen molar-refractivity contribution in [2.24, 2.45) is 0 Å². The molecule has 0 aliphatic heterocycles. The van der Waals surface area contributed by atoms with Crippen LogP contribution in [-0.2, 0) is 25.7 Å². The van der Waals surface area contributed by atoms with E-state index in [9.17, 15) is 10.2 Å². The van der Waals surface area contributed by atoms with Gasteiger partial charge >= 0.3 is 0 Å². The monoisotopic (exact) mass is 508 g/mol. The Morgan fingerprint density at radius 3 is 0.842 bits per heavy atom. The molecule has 4 nitrogen and oxygen atoms in total. The van der Waals surface area contributed by atoms with Crippen molar-refractivity contribution >= 4 is 0 Å². The first kappa shape index (κ1) is 25.7. The molecule has 5 rings (SSSR count). The van der Waals surface area contributed by atoms with Crippen molar-refractivity contribution in [3.05, 3.63) is 115 Å². The summed E-state index contributed by atoms with van der Waals surface area (Å²) in [6.07, 6.45) is 2.17. The second-order valence-electron chi connectivity index (χ2n) is 10.8. The Bertz CT molecular complexity index is 1330. The molecule has 0 aromatic heterocycles. The normalized spacial score (nSPS) is 12.8. The maximum Gasteiger partial charge on any atom is 0.125 e. The van der Waals surface area contributed by atoms with Crippen LogP contribution in [-0.4, -0.2) is 24.4 Å². The Labute approximate surface area is 225 Å². The molecule has 0 saturated heterocycles. The second-order valence-corrected chi connectivity index (χ2v) is 10.8. The highest BCUT2D eigenvalue weighted by Gasteiger charge is 2.21. The number of benzene rings is 4. The van der Waals surface area contributed by atoms with Gasteiger partial charge in [-0.25, -0.2) is 0 Å². The highest BCUT2D eigenvalue weighted by Crippen LogP contribution is 2.39. The van der Waals surface area contributed by atoms with Gasteiger partial charge in [0.1, 0.15) is 23.0 Å². The molecule has 38 heavy (non-hydrogen) atoms. The summed E-state index contributed by atoms with van der Waals surface area (Å²) >= 11 is 0. The fraction of sp³-hybridized carbons (Fsp3) is 0.294. The van der Waals surface area contributed by atoms with Crippen molar-refractivity contribution in [2.45, 2.75) is 53.4 Å². The third kappa shape index (κ3) is 4.83. The summed E-state index contributed by atoms with van der Waals surface area (Å²) in [5, 5.41) is 22.9. The third-order valence-electron chi connectivity index (χ3n) is 7.53. The van der Waals surface area contributed by atoms with E-state index in [1.807, 2.05) is 0 Å². The molecule has 4 aromatic carbocycles. The zero-order chi connectivity index (χ0) is 27.1. The third-order valence-corrected chi connectivity index (χ3v) is 7.53. The standard InChI is InChI=1S/C34H36O4/c1-19-7-23-15-27-11-21(3)13-29(33(27)37-5)17-25-9-20(2)10-26(32(25)36)18-30-14-22(4)12-28(34(30)38-6)16-24(8-19)31(23)35/h7-14,35-36H,15-18H2,1-6H3. The Morgan fingerprint density at radius 1 is 0.421 bits per heavy atom. The van der Waals surface area contributed by atoms with Crippen LogP contribution in [0.4, 0.5) is 0 Å².